The van der Waals surface area contributed by atoms with Crippen LogP contribution >= 0.6 is 0 Å². The summed E-state index contributed by atoms with van der Waals surface area (Å²) >= 11 is 0. The third kappa shape index (κ3) is 25.9. The average Bonchev–Trinajstić information content (AvgIpc) is 3.18. The molecule has 246 valence electrons. The predicted molar refractivity (Wildman–Crippen MR) is 175 cm³/mol. The topological polar surface area (TPSA) is 65.4 Å². The largest absolute Gasteiger partial charge is 0.389 e. The Labute approximate surface area is 255 Å². The molecular formula is C35H72N2O4. The summed E-state index contributed by atoms with van der Waals surface area (Å²) in [6.07, 6.45) is 26.8. The molecule has 1 heterocycles. The Hall–Kier alpha value is -0.240. The van der Waals surface area contributed by atoms with E-state index in [0.29, 0.717) is 26.3 Å². The minimum absolute atomic E-state index is 0.422. The van der Waals surface area contributed by atoms with Gasteiger partial charge in [0.25, 0.3) is 0 Å². The second kappa shape index (κ2) is 29.8. The molecule has 1 rings (SSSR count). The van der Waals surface area contributed by atoms with E-state index in [-0.39, 0.29) is 0 Å². The maximum absolute atomic E-state index is 10.5. The lowest BCUT2D eigenvalue weighted by Gasteiger charge is -2.25. The van der Waals surface area contributed by atoms with Gasteiger partial charge in [0.1, 0.15) is 0 Å². The van der Waals surface area contributed by atoms with Crippen molar-refractivity contribution in [2.45, 2.75) is 161 Å². The van der Waals surface area contributed by atoms with E-state index < -0.39 is 12.2 Å². The highest BCUT2D eigenvalue weighted by Crippen LogP contribution is 2.12. The number of rotatable bonds is 30. The molecule has 2 N–H and O–H groups in total. The monoisotopic (exact) mass is 585 g/mol. The van der Waals surface area contributed by atoms with Crippen molar-refractivity contribution < 1.29 is 19.7 Å². The van der Waals surface area contributed by atoms with Crippen LogP contribution in [-0.4, -0.2) is 97.9 Å². The summed E-state index contributed by atoms with van der Waals surface area (Å²) in [6.45, 7) is 12.2. The van der Waals surface area contributed by atoms with Gasteiger partial charge in [-0.05, 0) is 32.4 Å². The van der Waals surface area contributed by atoms with Gasteiger partial charge in [-0.15, -0.1) is 0 Å². The summed E-state index contributed by atoms with van der Waals surface area (Å²) in [4.78, 5) is 4.70. The van der Waals surface area contributed by atoms with Crippen LogP contribution in [0.25, 0.3) is 0 Å². The van der Waals surface area contributed by atoms with Gasteiger partial charge in [0.2, 0.25) is 0 Å². The van der Waals surface area contributed by atoms with E-state index in [1.165, 1.54) is 116 Å². The van der Waals surface area contributed by atoms with Gasteiger partial charge < -0.3 is 19.7 Å². The zero-order chi connectivity index (χ0) is 29.6. The van der Waals surface area contributed by atoms with Crippen molar-refractivity contribution in [3.8, 4) is 0 Å². The van der Waals surface area contributed by atoms with Crippen LogP contribution in [-0.2, 0) is 9.47 Å². The number of aliphatic hydroxyl groups is 2. The molecule has 6 nitrogen and oxygen atoms in total. The molecule has 2 atom stereocenters. The van der Waals surface area contributed by atoms with E-state index in [1.807, 2.05) is 0 Å². The lowest BCUT2D eigenvalue weighted by molar-refractivity contribution is 0.0118. The second-order valence-electron chi connectivity index (χ2n) is 12.8. The Bertz CT molecular complexity index is 480. The molecule has 41 heavy (non-hydrogen) atoms. The quantitative estimate of drug-likeness (QED) is 0.0848. The van der Waals surface area contributed by atoms with Gasteiger partial charge in [-0.2, -0.15) is 0 Å². The van der Waals surface area contributed by atoms with Crippen LogP contribution in [0.3, 0.4) is 0 Å². The minimum Gasteiger partial charge on any atom is -0.389 e. The number of hydrogen-bond donors (Lipinski definition) is 2. The van der Waals surface area contributed by atoms with Crippen LogP contribution in [0.5, 0.6) is 0 Å². The summed E-state index contributed by atoms with van der Waals surface area (Å²) in [6, 6.07) is 0. The third-order valence-corrected chi connectivity index (χ3v) is 8.52. The van der Waals surface area contributed by atoms with Crippen molar-refractivity contribution >= 4 is 0 Å². The van der Waals surface area contributed by atoms with Crippen LogP contribution < -0.4 is 0 Å². The first-order valence-electron chi connectivity index (χ1n) is 18.1. The van der Waals surface area contributed by atoms with Crippen molar-refractivity contribution in [2.75, 3.05) is 65.7 Å². The molecule has 2 unspecified atom stereocenters. The molecule has 0 bridgehead atoms. The van der Waals surface area contributed by atoms with Crippen molar-refractivity contribution in [2.24, 2.45) is 0 Å². The Morgan fingerprint density at radius 3 is 1.12 bits per heavy atom. The van der Waals surface area contributed by atoms with Crippen LogP contribution in [0.1, 0.15) is 149 Å². The van der Waals surface area contributed by atoms with Crippen LogP contribution in [0.15, 0.2) is 0 Å². The first kappa shape index (κ1) is 38.8. The molecule has 6 heteroatoms. The maximum Gasteiger partial charge on any atom is 0.0900 e. The van der Waals surface area contributed by atoms with E-state index in [1.54, 1.807) is 0 Å². The van der Waals surface area contributed by atoms with E-state index in [2.05, 4.69) is 23.6 Å². The third-order valence-electron chi connectivity index (χ3n) is 8.52. The number of β-amino-alcohol motifs (C(OH)–C–C–N with tert-alkyl or cyclic N) is 2. The maximum atomic E-state index is 10.5. The molecule has 0 saturated carbocycles. The van der Waals surface area contributed by atoms with Crippen LogP contribution in [0, 0.1) is 0 Å². The summed E-state index contributed by atoms with van der Waals surface area (Å²) in [5.41, 5.74) is 0. The Kier molecular flexibility index (Phi) is 28.2. The van der Waals surface area contributed by atoms with Crippen molar-refractivity contribution in [3.05, 3.63) is 0 Å². The van der Waals surface area contributed by atoms with Crippen molar-refractivity contribution in [3.63, 3.8) is 0 Å². The molecule has 0 aliphatic carbocycles. The highest BCUT2D eigenvalue weighted by molar-refractivity contribution is 4.74. The molecule has 1 aliphatic rings. The average molecular weight is 585 g/mol. The van der Waals surface area contributed by atoms with Gasteiger partial charge in [0.15, 0.2) is 0 Å². The molecule has 1 fully saturated rings. The van der Waals surface area contributed by atoms with E-state index in [0.717, 1.165) is 58.7 Å². The van der Waals surface area contributed by atoms with Gasteiger partial charge in [0.05, 0.1) is 25.4 Å². The molecular weight excluding hydrogens is 512 g/mol. The molecule has 0 amide bonds. The molecule has 0 aromatic heterocycles. The predicted octanol–water partition coefficient (Wildman–Crippen LogP) is 7.59. The van der Waals surface area contributed by atoms with Gasteiger partial charge in [-0.1, -0.05) is 129 Å². The highest BCUT2D eigenvalue weighted by atomic mass is 16.5. The van der Waals surface area contributed by atoms with Crippen LogP contribution in [0.4, 0.5) is 0 Å². The van der Waals surface area contributed by atoms with Crippen molar-refractivity contribution in [1.82, 2.24) is 9.80 Å². The molecule has 0 radical (unpaired) electrons. The van der Waals surface area contributed by atoms with Gasteiger partial charge in [-0.3, -0.25) is 9.80 Å². The number of aliphatic hydroxyl groups excluding tert-OH is 2. The molecule has 0 spiro atoms. The summed E-state index contributed by atoms with van der Waals surface area (Å²) < 4.78 is 11.6. The van der Waals surface area contributed by atoms with E-state index >= 15 is 0 Å². The lowest BCUT2D eigenvalue weighted by Crippen LogP contribution is -2.39. The second-order valence-corrected chi connectivity index (χ2v) is 12.8. The first-order valence-corrected chi connectivity index (χ1v) is 18.1. The Morgan fingerprint density at radius 2 is 0.780 bits per heavy atom. The fourth-order valence-corrected chi connectivity index (χ4v) is 5.91. The number of ether oxygens (including phenoxy) is 2. The molecule has 1 aliphatic heterocycles. The smallest absolute Gasteiger partial charge is 0.0900 e. The van der Waals surface area contributed by atoms with Gasteiger partial charge in [-0.25, -0.2) is 0 Å². The molecule has 1 saturated heterocycles. The normalized spacial score (nSPS) is 16.7. The Balaban J connectivity index is 1.94. The van der Waals surface area contributed by atoms with Crippen molar-refractivity contribution in [1.29, 1.82) is 0 Å². The van der Waals surface area contributed by atoms with Gasteiger partial charge >= 0.3 is 0 Å². The summed E-state index contributed by atoms with van der Waals surface area (Å²) in [5.74, 6) is 0. The minimum atomic E-state index is -0.422. The number of unbranched alkanes of at least 4 members (excludes halogenated alkanes) is 18. The van der Waals surface area contributed by atoms with Gasteiger partial charge in [0, 0.05) is 39.4 Å². The summed E-state index contributed by atoms with van der Waals surface area (Å²) in [7, 11) is 0. The molecule has 0 aromatic rings. The zero-order valence-electron chi connectivity index (χ0n) is 27.7. The SMILES string of the molecule is CCCCCCCCCCCCOCC(O)CN1CCCN(CC(O)COCCCCCCCCCCCC)CC1. The summed E-state index contributed by atoms with van der Waals surface area (Å²) in [5, 5.41) is 20.9. The fourth-order valence-electron chi connectivity index (χ4n) is 5.91. The fraction of sp³-hybridized carbons (Fsp3) is 1.00. The zero-order valence-corrected chi connectivity index (χ0v) is 27.7. The first-order chi connectivity index (χ1) is 20.2. The molecule has 0 aromatic carbocycles. The lowest BCUT2D eigenvalue weighted by atomic mass is 10.1. The number of nitrogens with zero attached hydrogens (tertiary/aromatic N) is 2. The highest BCUT2D eigenvalue weighted by Gasteiger charge is 2.19. The van der Waals surface area contributed by atoms with Crippen LogP contribution in [0.2, 0.25) is 0 Å². The standard InChI is InChI=1S/C35H72N2O4/c1-3-5-7-9-11-13-15-17-19-21-28-40-32-34(38)30-36-24-23-25-37(27-26-36)31-35(39)33-41-29-22-20-18-16-14-12-10-8-6-4-2/h34-35,38-39H,3-33H2,1-2H3. The van der Waals surface area contributed by atoms with E-state index in [9.17, 15) is 10.2 Å². The number of hydrogen-bond acceptors (Lipinski definition) is 6. The van der Waals surface area contributed by atoms with E-state index in [4.69, 9.17) is 9.47 Å². The Morgan fingerprint density at radius 1 is 0.463 bits per heavy atom.